The van der Waals surface area contributed by atoms with E-state index in [-0.39, 0.29) is 11.9 Å². The highest BCUT2D eigenvalue weighted by molar-refractivity contribution is 5.91. The summed E-state index contributed by atoms with van der Waals surface area (Å²) in [6.45, 7) is 0.474. The van der Waals surface area contributed by atoms with Gasteiger partial charge in [0, 0.05) is 6.08 Å². The number of amides is 1. The van der Waals surface area contributed by atoms with Crippen molar-refractivity contribution in [3.8, 4) is 0 Å². The lowest BCUT2D eigenvalue weighted by Gasteiger charge is -2.17. The summed E-state index contributed by atoms with van der Waals surface area (Å²) >= 11 is 0. The maximum atomic E-state index is 12.3. The molecule has 3 rings (SSSR count). The summed E-state index contributed by atoms with van der Waals surface area (Å²) in [7, 11) is 0. The molecule has 1 unspecified atom stereocenters. The van der Waals surface area contributed by atoms with E-state index in [1.165, 1.54) is 0 Å². The molecule has 1 atom stereocenters. The molecule has 2 aromatic carbocycles. The average Bonchev–Trinajstić information content (AvgIpc) is 3.14. The Morgan fingerprint density at radius 1 is 1.00 bits per heavy atom. The Labute approximate surface area is 140 Å². The molecule has 0 radical (unpaired) electrons. The molecular formula is C19H18N4O. The fraction of sp³-hybridized carbons (Fsp3) is 0.105. The number of carbonyl (C=O) groups is 1. The topological polar surface area (TPSA) is 59.8 Å². The van der Waals surface area contributed by atoms with Gasteiger partial charge in [-0.25, -0.2) is 0 Å². The molecule has 3 aromatic rings. The zero-order valence-electron chi connectivity index (χ0n) is 13.1. The van der Waals surface area contributed by atoms with Crippen molar-refractivity contribution in [1.29, 1.82) is 0 Å². The van der Waals surface area contributed by atoms with Gasteiger partial charge in [-0.05, 0) is 17.2 Å². The lowest BCUT2D eigenvalue weighted by Crippen LogP contribution is -2.30. The fourth-order valence-electron chi connectivity index (χ4n) is 2.38. The summed E-state index contributed by atoms with van der Waals surface area (Å²) in [4.78, 5) is 13.8. The number of nitrogens with one attached hydrogen (secondary N) is 1. The highest BCUT2D eigenvalue weighted by Crippen LogP contribution is 2.14. The zero-order chi connectivity index (χ0) is 16.6. The minimum Gasteiger partial charge on any atom is -0.344 e. The summed E-state index contributed by atoms with van der Waals surface area (Å²) in [6, 6.07) is 19.3. The third kappa shape index (κ3) is 4.39. The van der Waals surface area contributed by atoms with Gasteiger partial charge in [-0.2, -0.15) is 15.0 Å². The first-order valence-corrected chi connectivity index (χ1v) is 7.74. The van der Waals surface area contributed by atoms with Crippen LogP contribution in [0.25, 0.3) is 6.08 Å². The monoisotopic (exact) mass is 318 g/mol. The molecular weight excluding hydrogens is 300 g/mol. The number of carbonyl (C=O) groups excluding carboxylic acids is 1. The van der Waals surface area contributed by atoms with Crippen molar-refractivity contribution in [1.82, 2.24) is 20.3 Å². The van der Waals surface area contributed by atoms with Gasteiger partial charge in [0.25, 0.3) is 0 Å². The molecule has 5 heteroatoms. The fourth-order valence-corrected chi connectivity index (χ4v) is 2.38. The Kier molecular flexibility index (Phi) is 5.14. The Morgan fingerprint density at radius 2 is 1.62 bits per heavy atom. The van der Waals surface area contributed by atoms with E-state index in [4.69, 9.17) is 0 Å². The van der Waals surface area contributed by atoms with Gasteiger partial charge in [0.2, 0.25) is 5.91 Å². The van der Waals surface area contributed by atoms with Crippen molar-refractivity contribution in [3.63, 3.8) is 0 Å². The quantitative estimate of drug-likeness (QED) is 0.711. The summed E-state index contributed by atoms with van der Waals surface area (Å²) in [6.07, 6.45) is 6.59. The third-order valence-corrected chi connectivity index (χ3v) is 3.56. The molecule has 0 fully saturated rings. The number of aromatic nitrogens is 3. The molecule has 0 aliphatic carbocycles. The van der Waals surface area contributed by atoms with Crippen LogP contribution in [0.1, 0.15) is 17.2 Å². The molecule has 0 saturated carbocycles. The van der Waals surface area contributed by atoms with Gasteiger partial charge in [0.1, 0.15) is 0 Å². The molecule has 120 valence electrons. The number of benzene rings is 2. The van der Waals surface area contributed by atoms with Crippen LogP contribution in [0.15, 0.2) is 79.1 Å². The first kappa shape index (κ1) is 15.7. The molecule has 1 aromatic heterocycles. The molecule has 1 N–H and O–H groups in total. The predicted octanol–water partition coefficient (Wildman–Crippen LogP) is 2.85. The van der Waals surface area contributed by atoms with Gasteiger partial charge < -0.3 is 5.32 Å². The number of hydrogen-bond donors (Lipinski definition) is 1. The normalized spacial score (nSPS) is 12.2. The minimum atomic E-state index is -0.202. The van der Waals surface area contributed by atoms with E-state index in [2.05, 4.69) is 15.5 Å². The number of hydrogen-bond acceptors (Lipinski definition) is 3. The second-order valence-corrected chi connectivity index (χ2v) is 5.30. The molecule has 5 nitrogen and oxygen atoms in total. The van der Waals surface area contributed by atoms with Crippen LogP contribution in [0.4, 0.5) is 0 Å². The van der Waals surface area contributed by atoms with Gasteiger partial charge >= 0.3 is 0 Å². The van der Waals surface area contributed by atoms with Crippen LogP contribution in [0.2, 0.25) is 0 Å². The van der Waals surface area contributed by atoms with Crippen LogP contribution in [-0.2, 0) is 11.3 Å². The van der Waals surface area contributed by atoms with Crippen molar-refractivity contribution in [3.05, 3.63) is 90.3 Å². The van der Waals surface area contributed by atoms with E-state index < -0.39 is 0 Å². The van der Waals surface area contributed by atoms with Gasteiger partial charge in [0.05, 0.1) is 25.0 Å². The van der Waals surface area contributed by atoms with Crippen molar-refractivity contribution in [2.45, 2.75) is 12.6 Å². The molecule has 24 heavy (non-hydrogen) atoms. The summed E-state index contributed by atoms with van der Waals surface area (Å²) in [5, 5.41) is 11.3. The number of nitrogens with zero attached hydrogens (tertiary/aromatic N) is 3. The van der Waals surface area contributed by atoms with Crippen LogP contribution in [0.5, 0.6) is 0 Å². The molecule has 1 amide bonds. The second-order valence-electron chi connectivity index (χ2n) is 5.30. The minimum absolute atomic E-state index is 0.153. The predicted molar refractivity (Wildman–Crippen MR) is 92.8 cm³/mol. The van der Waals surface area contributed by atoms with Crippen molar-refractivity contribution < 1.29 is 4.79 Å². The molecule has 0 aliphatic heterocycles. The second kappa shape index (κ2) is 7.87. The summed E-state index contributed by atoms with van der Waals surface area (Å²) in [5.41, 5.74) is 1.99. The molecule has 0 bridgehead atoms. The molecule has 0 spiro atoms. The van der Waals surface area contributed by atoms with Crippen LogP contribution in [0.3, 0.4) is 0 Å². The first-order chi connectivity index (χ1) is 11.8. The van der Waals surface area contributed by atoms with E-state index in [1.54, 1.807) is 29.3 Å². The number of rotatable bonds is 6. The lowest BCUT2D eigenvalue weighted by atomic mass is 10.1. The van der Waals surface area contributed by atoms with Gasteiger partial charge in [0.15, 0.2) is 0 Å². The largest absolute Gasteiger partial charge is 0.344 e. The Balaban J connectivity index is 1.71. The molecule has 0 saturated heterocycles. The van der Waals surface area contributed by atoms with Gasteiger partial charge in [-0.15, -0.1) is 0 Å². The van der Waals surface area contributed by atoms with Crippen molar-refractivity contribution >= 4 is 12.0 Å². The first-order valence-electron chi connectivity index (χ1n) is 7.74. The standard InChI is InChI=1S/C19H18N4O/c24-19(12-11-16-7-3-1-4-8-16)22-18(15-23-20-13-14-21-23)17-9-5-2-6-10-17/h1-14,18H,15H2,(H,22,24). The highest BCUT2D eigenvalue weighted by atomic mass is 16.1. The van der Waals surface area contributed by atoms with Crippen LogP contribution in [0, 0.1) is 0 Å². The van der Waals surface area contributed by atoms with E-state index in [1.807, 2.05) is 60.7 Å². The van der Waals surface area contributed by atoms with Crippen LogP contribution >= 0.6 is 0 Å². The lowest BCUT2D eigenvalue weighted by molar-refractivity contribution is -0.117. The van der Waals surface area contributed by atoms with E-state index >= 15 is 0 Å². The Hall–Kier alpha value is -3.21. The Bertz CT molecular complexity index is 783. The molecule has 0 aliphatic rings. The maximum absolute atomic E-state index is 12.3. The highest BCUT2D eigenvalue weighted by Gasteiger charge is 2.14. The molecule has 1 heterocycles. The average molecular weight is 318 g/mol. The zero-order valence-corrected chi connectivity index (χ0v) is 13.1. The summed E-state index contributed by atoms with van der Waals surface area (Å²) in [5.74, 6) is -0.153. The Morgan fingerprint density at radius 3 is 2.29 bits per heavy atom. The maximum Gasteiger partial charge on any atom is 0.244 e. The van der Waals surface area contributed by atoms with Crippen molar-refractivity contribution in [2.75, 3.05) is 0 Å². The summed E-state index contributed by atoms with van der Waals surface area (Å²) < 4.78 is 0. The van der Waals surface area contributed by atoms with Crippen LogP contribution < -0.4 is 5.32 Å². The SMILES string of the molecule is O=C(C=Cc1ccccc1)NC(Cn1nccn1)c1ccccc1. The van der Waals surface area contributed by atoms with Gasteiger partial charge in [-0.1, -0.05) is 60.7 Å². The van der Waals surface area contributed by atoms with Crippen LogP contribution in [-0.4, -0.2) is 20.9 Å². The van der Waals surface area contributed by atoms with E-state index in [0.717, 1.165) is 11.1 Å². The van der Waals surface area contributed by atoms with E-state index in [0.29, 0.717) is 6.54 Å². The smallest absolute Gasteiger partial charge is 0.244 e. The van der Waals surface area contributed by atoms with E-state index in [9.17, 15) is 4.79 Å². The van der Waals surface area contributed by atoms with Crippen molar-refractivity contribution in [2.24, 2.45) is 0 Å². The third-order valence-electron chi connectivity index (χ3n) is 3.56. The van der Waals surface area contributed by atoms with Gasteiger partial charge in [-0.3, -0.25) is 4.79 Å².